The van der Waals surface area contributed by atoms with E-state index in [1.807, 2.05) is 49.4 Å². The Hall–Kier alpha value is -2.90. The largest absolute Gasteiger partial charge is 0.357 e. The summed E-state index contributed by atoms with van der Waals surface area (Å²) in [7, 11) is 1.51. The van der Waals surface area contributed by atoms with Gasteiger partial charge in [-0.3, -0.25) is 19.6 Å². The summed E-state index contributed by atoms with van der Waals surface area (Å²) in [6.45, 7) is 1.87. The van der Waals surface area contributed by atoms with Gasteiger partial charge in [-0.15, -0.1) is 0 Å². The molecule has 8 heteroatoms. The fourth-order valence-electron chi connectivity index (χ4n) is 3.54. The van der Waals surface area contributed by atoms with Crippen LogP contribution in [0.3, 0.4) is 0 Å². The number of rotatable bonds is 11. The lowest BCUT2D eigenvalue weighted by Crippen LogP contribution is -2.49. The van der Waals surface area contributed by atoms with Crippen LogP contribution in [0.25, 0.3) is 0 Å². The molecule has 2 aromatic rings. The first-order valence-corrected chi connectivity index (χ1v) is 11.0. The van der Waals surface area contributed by atoms with Crippen molar-refractivity contribution in [3.05, 3.63) is 70.2 Å². The topological polar surface area (TPSA) is 108 Å². The van der Waals surface area contributed by atoms with Crippen LogP contribution < -0.4 is 16.1 Å². The van der Waals surface area contributed by atoms with Crippen molar-refractivity contribution in [2.75, 3.05) is 7.05 Å². The number of hydroxylamine groups is 1. The van der Waals surface area contributed by atoms with Crippen LogP contribution >= 0.6 is 11.6 Å². The lowest BCUT2D eigenvalue weighted by molar-refractivity contribution is -0.136. The zero-order valence-corrected chi connectivity index (χ0v) is 19.1. The molecule has 0 saturated carbocycles. The summed E-state index contributed by atoms with van der Waals surface area (Å²) in [6, 6.07) is 14.5. The summed E-state index contributed by atoms with van der Waals surface area (Å²) in [4.78, 5) is 37.2. The quantitative estimate of drug-likeness (QED) is 0.306. The van der Waals surface area contributed by atoms with Crippen molar-refractivity contribution in [1.29, 1.82) is 0 Å². The van der Waals surface area contributed by atoms with E-state index in [9.17, 15) is 14.4 Å². The van der Waals surface area contributed by atoms with Gasteiger partial charge in [-0.1, -0.05) is 54.1 Å². The van der Waals surface area contributed by atoms with Crippen LogP contribution in [0.2, 0.25) is 5.02 Å². The van der Waals surface area contributed by atoms with Gasteiger partial charge in [-0.05, 0) is 48.9 Å². The summed E-state index contributed by atoms with van der Waals surface area (Å²) >= 11 is 6.08. The third kappa shape index (κ3) is 7.98. The molecule has 2 atom stereocenters. The van der Waals surface area contributed by atoms with Gasteiger partial charge in [0, 0.05) is 30.8 Å². The maximum atomic E-state index is 13.0. The normalized spacial score (nSPS) is 12.5. The molecule has 7 nitrogen and oxygen atoms in total. The number of benzene rings is 2. The number of likely N-dealkylation sites (N-methyl/N-ethyl adjacent to an activating group) is 1. The van der Waals surface area contributed by atoms with Crippen LogP contribution in [0, 0.1) is 12.8 Å². The molecule has 3 amide bonds. The van der Waals surface area contributed by atoms with Gasteiger partial charge in [0.25, 0.3) is 0 Å². The zero-order chi connectivity index (χ0) is 23.5. The van der Waals surface area contributed by atoms with Crippen molar-refractivity contribution in [3.8, 4) is 0 Å². The van der Waals surface area contributed by atoms with E-state index >= 15 is 0 Å². The Bertz CT molecular complexity index is 921. The summed E-state index contributed by atoms with van der Waals surface area (Å²) < 4.78 is 0. The summed E-state index contributed by atoms with van der Waals surface area (Å²) in [5.41, 5.74) is 4.46. The summed E-state index contributed by atoms with van der Waals surface area (Å²) in [5, 5.41) is 14.9. The zero-order valence-electron chi connectivity index (χ0n) is 18.4. The third-order valence-electron chi connectivity index (χ3n) is 5.33. The molecule has 0 aliphatic carbocycles. The van der Waals surface area contributed by atoms with Gasteiger partial charge in [0.15, 0.2) is 0 Å². The average molecular weight is 460 g/mol. The van der Waals surface area contributed by atoms with Gasteiger partial charge in [0.1, 0.15) is 6.04 Å². The number of amides is 3. The van der Waals surface area contributed by atoms with Gasteiger partial charge in [-0.2, -0.15) is 0 Å². The second-order valence-corrected chi connectivity index (χ2v) is 8.18. The van der Waals surface area contributed by atoms with Gasteiger partial charge < -0.3 is 10.6 Å². The molecule has 0 spiro atoms. The molecule has 1 unspecified atom stereocenters. The molecule has 0 fully saturated rings. The molecular weight excluding hydrogens is 430 g/mol. The Morgan fingerprint density at radius 3 is 2.38 bits per heavy atom. The van der Waals surface area contributed by atoms with Crippen molar-refractivity contribution in [3.63, 3.8) is 0 Å². The molecule has 0 aliphatic heterocycles. The number of nitrogens with one attached hydrogen (secondary N) is 3. The molecule has 0 saturated heterocycles. The standard InChI is InChI=1S/C24H30ClN3O4/c1-16-13-18(11-12-20(16)25)14-21(24(31)26-2)27-23(30)19(15-22(29)28-32)10-6-9-17-7-4-3-5-8-17/h3-5,7-8,11-13,19,21,32H,6,9-10,14-15H2,1-2H3,(H,26,31)(H,27,30)(H,28,29)/t19?,21-/m0/s1. The first-order valence-electron chi connectivity index (χ1n) is 10.6. The highest BCUT2D eigenvalue weighted by Gasteiger charge is 2.27. The predicted octanol–water partition coefficient (Wildman–Crippen LogP) is 2.96. The maximum Gasteiger partial charge on any atom is 0.244 e. The number of hydrogen-bond acceptors (Lipinski definition) is 4. The van der Waals surface area contributed by atoms with Crippen molar-refractivity contribution < 1.29 is 19.6 Å². The van der Waals surface area contributed by atoms with E-state index in [4.69, 9.17) is 16.8 Å². The molecule has 32 heavy (non-hydrogen) atoms. The highest BCUT2D eigenvalue weighted by molar-refractivity contribution is 6.31. The van der Waals surface area contributed by atoms with E-state index in [2.05, 4.69) is 10.6 Å². The molecular formula is C24H30ClN3O4. The minimum Gasteiger partial charge on any atom is -0.357 e. The van der Waals surface area contributed by atoms with Crippen molar-refractivity contribution >= 4 is 29.3 Å². The van der Waals surface area contributed by atoms with Crippen LogP contribution in [0.1, 0.15) is 36.0 Å². The van der Waals surface area contributed by atoms with E-state index in [1.165, 1.54) is 7.05 Å². The monoisotopic (exact) mass is 459 g/mol. The highest BCUT2D eigenvalue weighted by atomic mass is 35.5. The van der Waals surface area contributed by atoms with Crippen LogP contribution in [0.5, 0.6) is 0 Å². The molecule has 0 radical (unpaired) electrons. The minimum absolute atomic E-state index is 0.169. The number of halogens is 1. The maximum absolute atomic E-state index is 13.0. The van der Waals surface area contributed by atoms with E-state index in [0.29, 0.717) is 17.9 Å². The minimum atomic E-state index is -0.804. The fourth-order valence-corrected chi connectivity index (χ4v) is 3.65. The van der Waals surface area contributed by atoms with Crippen molar-refractivity contribution in [2.45, 2.75) is 45.1 Å². The smallest absolute Gasteiger partial charge is 0.244 e. The van der Waals surface area contributed by atoms with E-state index in [-0.39, 0.29) is 18.7 Å². The Morgan fingerprint density at radius 2 is 1.75 bits per heavy atom. The van der Waals surface area contributed by atoms with Gasteiger partial charge in [0.05, 0.1) is 0 Å². The van der Waals surface area contributed by atoms with Crippen LogP contribution in [-0.4, -0.2) is 36.0 Å². The molecule has 4 N–H and O–H groups in total. The van der Waals surface area contributed by atoms with Gasteiger partial charge >= 0.3 is 0 Å². The first kappa shape index (κ1) is 25.4. The summed E-state index contributed by atoms with van der Waals surface area (Å²) in [5.74, 6) is -2.05. The fraction of sp³-hybridized carbons (Fsp3) is 0.375. The van der Waals surface area contributed by atoms with E-state index in [1.54, 1.807) is 11.5 Å². The molecule has 2 rings (SSSR count). The van der Waals surface area contributed by atoms with Crippen molar-refractivity contribution in [2.24, 2.45) is 5.92 Å². The number of carbonyl (C=O) groups is 3. The molecule has 0 aliphatic rings. The average Bonchev–Trinajstić information content (AvgIpc) is 2.80. The molecule has 2 aromatic carbocycles. The molecule has 0 heterocycles. The van der Waals surface area contributed by atoms with E-state index in [0.717, 1.165) is 23.1 Å². The number of hydrogen-bond donors (Lipinski definition) is 4. The van der Waals surface area contributed by atoms with Crippen LogP contribution in [-0.2, 0) is 27.2 Å². The molecule has 0 bridgehead atoms. The second-order valence-electron chi connectivity index (χ2n) is 7.78. The Labute approximate surface area is 193 Å². The number of aryl methyl sites for hydroxylation is 2. The SMILES string of the molecule is CNC(=O)[C@H](Cc1ccc(Cl)c(C)c1)NC(=O)C(CCCc1ccccc1)CC(=O)NO. The Balaban J connectivity index is 2.08. The highest BCUT2D eigenvalue weighted by Crippen LogP contribution is 2.19. The lowest BCUT2D eigenvalue weighted by atomic mass is 9.94. The Kier molecular flexibility index (Phi) is 10.2. The predicted molar refractivity (Wildman–Crippen MR) is 123 cm³/mol. The summed E-state index contributed by atoms with van der Waals surface area (Å²) in [6.07, 6.45) is 1.99. The Morgan fingerprint density at radius 1 is 1.03 bits per heavy atom. The third-order valence-corrected chi connectivity index (χ3v) is 5.75. The van der Waals surface area contributed by atoms with Gasteiger partial charge in [0.2, 0.25) is 17.7 Å². The second kappa shape index (κ2) is 12.8. The number of carbonyl (C=O) groups excluding carboxylic acids is 3. The lowest BCUT2D eigenvalue weighted by Gasteiger charge is -2.22. The molecule has 172 valence electrons. The van der Waals surface area contributed by atoms with Crippen LogP contribution in [0.15, 0.2) is 48.5 Å². The van der Waals surface area contributed by atoms with Crippen molar-refractivity contribution in [1.82, 2.24) is 16.1 Å². The molecule has 0 aromatic heterocycles. The van der Waals surface area contributed by atoms with E-state index < -0.39 is 23.8 Å². The van der Waals surface area contributed by atoms with Crippen LogP contribution in [0.4, 0.5) is 0 Å². The van der Waals surface area contributed by atoms with Gasteiger partial charge in [-0.25, -0.2) is 5.48 Å². The first-order chi connectivity index (χ1) is 15.3.